The molecule has 0 aromatic rings. The summed E-state index contributed by atoms with van der Waals surface area (Å²) in [5.74, 6) is 0. The van der Waals surface area contributed by atoms with Crippen LogP contribution in [0.5, 0.6) is 0 Å². The molecule has 0 unspecified atom stereocenters. The number of hydrogen-bond donors (Lipinski definition) is 1. The average molecular weight is 287 g/mol. The lowest BCUT2D eigenvalue weighted by atomic mass is 10.2. The standard InChI is InChI=1S/C16H34O2Si/c1-7-8-9-10-11-12-13-15(14-17)18-19(5,6)16(2,3)4/h11-12,15,17H,7-10,13-14H2,1-6H3/b12-11+/t15-/m0/s1. The Kier molecular flexibility index (Phi) is 8.87. The number of hydrogen-bond acceptors (Lipinski definition) is 2. The largest absolute Gasteiger partial charge is 0.411 e. The van der Waals surface area contributed by atoms with Crippen LogP contribution in [0.15, 0.2) is 12.2 Å². The van der Waals surface area contributed by atoms with Gasteiger partial charge in [0.15, 0.2) is 8.32 Å². The van der Waals surface area contributed by atoms with Gasteiger partial charge in [-0.15, -0.1) is 0 Å². The molecule has 114 valence electrons. The van der Waals surface area contributed by atoms with Crippen LogP contribution in [-0.2, 0) is 4.43 Å². The van der Waals surface area contributed by atoms with Crippen LogP contribution in [0.3, 0.4) is 0 Å². The lowest BCUT2D eigenvalue weighted by molar-refractivity contribution is 0.105. The summed E-state index contributed by atoms with van der Waals surface area (Å²) in [5, 5.41) is 9.66. The van der Waals surface area contributed by atoms with Gasteiger partial charge in [0.25, 0.3) is 0 Å². The van der Waals surface area contributed by atoms with E-state index < -0.39 is 8.32 Å². The van der Waals surface area contributed by atoms with Crippen LogP contribution in [0.2, 0.25) is 18.1 Å². The lowest BCUT2D eigenvalue weighted by Crippen LogP contribution is -2.44. The van der Waals surface area contributed by atoms with Crippen molar-refractivity contribution in [3.8, 4) is 0 Å². The first kappa shape index (κ1) is 18.9. The third-order valence-electron chi connectivity index (χ3n) is 4.01. The highest BCUT2D eigenvalue weighted by atomic mass is 28.4. The van der Waals surface area contributed by atoms with Crippen molar-refractivity contribution in [3.63, 3.8) is 0 Å². The molecule has 0 fully saturated rings. The number of unbranched alkanes of at least 4 members (excludes halogenated alkanes) is 3. The van der Waals surface area contributed by atoms with E-state index in [1.807, 2.05) is 0 Å². The van der Waals surface area contributed by atoms with Gasteiger partial charge in [-0.2, -0.15) is 0 Å². The van der Waals surface area contributed by atoms with Crippen molar-refractivity contribution < 1.29 is 9.53 Å². The molecule has 1 atom stereocenters. The van der Waals surface area contributed by atoms with Gasteiger partial charge in [-0.3, -0.25) is 0 Å². The van der Waals surface area contributed by atoms with Crippen molar-refractivity contribution in [1.82, 2.24) is 0 Å². The van der Waals surface area contributed by atoms with Gasteiger partial charge in [-0.1, -0.05) is 52.7 Å². The summed E-state index contributed by atoms with van der Waals surface area (Å²) in [7, 11) is -1.76. The van der Waals surface area contributed by atoms with E-state index in [9.17, 15) is 5.11 Å². The number of aliphatic hydroxyl groups excluding tert-OH is 1. The Bertz CT molecular complexity index is 254. The molecule has 0 rings (SSSR count). The van der Waals surface area contributed by atoms with Gasteiger partial charge in [-0.25, -0.2) is 0 Å². The van der Waals surface area contributed by atoms with Crippen molar-refractivity contribution in [2.75, 3.05) is 6.61 Å². The molecular weight excluding hydrogens is 252 g/mol. The first-order chi connectivity index (χ1) is 8.74. The van der Waals surface area contributed by atoms with Crippen LogP contribution in [0.25, 0.3) is 0 Å². The Balaban J connectivity index is 4.15. The number of rotatable bonds is 9. The molecule has 3 heteroatoms. The Labute approximate surface area is 121 Å². The summed E-state index contributed by atoms with van der Waals surface area (Å²) >= 11 is 0. The summed E-state index contributed by atoms with van der Waals surface area (Å²) < 4.78 is 6.22. The van der Waals surface area contributed by atoms with Gasteiger partial charge >= 0.3 is 0 Å². The quantitative estimate of drug-likeness (QED) is 0.371. The lowest BCUT2D eigenvalue weighted by Gasteiger charge is -2.38. The maximum atomic E-state index is 9.46. The Hall–Kier alpha value is -0.123. The van der Waals surface area contributed by atoms with E-state index in [0.29, 0.717) is 0 Å². The summed E-state index contributed by atoms with van der Waals surface area (Å²) in [6.07, 6.45) is 10.2. The zero-order valence-corrected chi connectivity index (χ0v) is 14.8. The second-order valence-electron chi connectivity index (χ2n) is 6.89. The highest BCUT2D eigenvalue weighted by Gasteiger charge is 2.38. The molecule has 19 heavy (non-hydrogen) atoms. The monoisotopic (exact) mass is 286 g/mol. The van der Waals surface area contributed by atoms with Crippen LogP contribution >= 0.6 is 0 Å². The Morgan fingerprint density at radius 2 is 1.79 bits per heavy atom. The van der Waals surface area contributed by atoms with Gasteiger partial charge in [0, 0.05) is 0 Å². The Morgan fingerprint density at radius 1 is 1.16 bits per heavy atom. The van der Waals surface area contributed by atoms with Gasteiger partial charge in [0.05, 0.1) is 12.7 Å². The average Bonchev–Trinajstić information content (AvgIpc) is 2.30. The van der Waals surface area contributed by atoms with E-state index in [1.165, 1.54) is 19.3 Å². The van der Waals surface area contributed by atoms with Crippen molar-refractivity contribution in [2.45, 2.75) is 84.0 Å². The Morgan fingerprint density at radius 3 is 2.26 bits per heavy atom. The van der Waals surface area contributed by atoms with Crippen LogP contribution in [0.1, 0.15) is 59.8 Å². The predicted molar refractivity (Wildman–Crippen MR) is 87.1 cm³/mol. The molecule has 0 spiro atoms. The fourth-order valence-corrected chi connectivity index (χ4v) is 2.99. The van der Waals surface area contributed by atoms with Crippen molar-refractivity contribution in [2.24, 2.45) is 0 Å². The SMILES string of the molecule is CCCCC/C=C/C[C@@H](CO)O[Si](C)(C)C(C)(C)C. The molecule has 0 aromatic heterocycles. The number of allylic oxidation sites excluding steroid dienone is 1. The van der Waals surface area contributed by atoms with E-state index in [1.54, 1.807) is 0 Å². The molecule has 2 nitrogen and oxygen atoms in total. The highest BCUT2D eigenvalue weighted by molar-refractivity contribution is 6.74. The van der Waals surface area contributed by atoms with Crippen LogP contribution in [-0.4, -0.2) is 26.1 Å². The molecule has 0 aliphatic rings. The normalized spacial score (nSPS) is 15.1. The fraction of sp³-hybridized carbons (Fsp3) is 0.875. The van der Waals surface area contributed by atoms with Crippen LogP contribution in [0, 0.1) is 0 Å². The molecule has 0 radical (unpaired) electrons. The molecule has 0 aliphatic carbocycles. The van der Waals surface area contributed by atoms with E-state index in [-0.39, 0.29) is 17.7 Å². The molecule has 0 heterocycles. The highest BCUT2D eigenvalue weighted by Crippen LogP contribution is 2.37. The topological polar surface area (TPSA) is 29.5 Å². The van der Waals surface area contributed by atoms with E-state index >= 15 is 0 Å². The smallest absolute Gasteiger partial charge is 0.192 e. The van der Waals surface area contributed by atoms with E-state index in [4.69, 9.17) is 4.43 Å². The third kappa shape index (κ3) is 7.90. The van der Waals surface area contributed by atoms with Gasteiger partial charge < -0.3 is 9.53 Å². The summed E-state index contributed by atoms with van der Waals surface area (Å²) in [6.45, 7) is 13.5. The number of aliphatic hydroxyl groups is 1. The second-order valence-corrected chi connectivity index (χ2v) is 11.6. The summed E-state index contributed by atoms with van der Waals surface area (Å²) in [6, 6.07) is 0. The zero-order chi connectivity index (χ0) is 14.9. The zero-order valence-electron chi connectivity index (χ0n) is 13.8. The second kappa shape index (κ2) is 8.93. The van der Waals surface area contributed by atoms with Crippen molar-refractivity contribution in [3.05, 3.63) is 12.2 Å². The summed E-state index contributed by atoms with van der Waals surface area (Å²) in [5.41, 5.74) is 0. The minimum Gasteiger partial charge on any atom is -0.411 e. The first-order valence-corrected chi connectivity index (χ1v) is 10.6. The molecule has 0 saturated carbocycles. The van der Waals surface area contributed by atoms with Gasteiger partial charge in [0.2, 0.25) is 0 Å². The summed E-state index contributed by atoms with van der Waals surface area (Å²) in [4.78, 5) is 0. The first-order valence-electron chi connectivity index (χ1n) is 7.68. The molecule has 0 aliphatic heterocycles. The van der Waals surface area contributed by atoms with Crippen LogP contribution in [0.4, 0.5) is 0 Å². The minimum absolute atomic E-state index is 0.0386. The molecule has 0 saturated heterocycles. The third-order valence-corrected chi connectivity index (χ3v) is 8.55. The van der Waals surface area contributed by atoms with Crippen LogP contribution < -0.4 is 0 Å². The van der Waals surface area contributed by atoms with Crippen molar-refractivity contribution in [1.29, 1.82) is 0 Å². The predicted octanol–water partition coefficient (Wildman–Crippen LogP) is 4.90. The minimum atomic E-state index is -1.76. The molecular formula is C16H34O2Si. The fourth-order valence-electron chi connectivity index (χ4n) is 1.63. The molecule has 0 amide bonds. The van der Waals surface area contributed by atoms with E-state index in [2.05, 4.69) is 52.9 Å². The molecule has 0 aromatic carbocycles. The maximum Gasteiger partial charge on any atom is 0.192 e. The van der Waals surface area contributed by atoms with Gasteiger partial charge in [0.1, 0.15) is 0 Å². The van der Waals surface area contributed by atoms with Gasteiger partial charge in [-0.05, 0) is 37.4 Å². The maximum absolute atomic E-state index is 9.46. The van der Waals surface area contributed by atoms with E-state index in [0.717, 1.165) is 12.8 Å². The van der Waals surface area contributed by atoms with Crippen molar-refractivity contribution >= 4 is 8.32 Å². The molecule has 1 N–H and O–H groups in total. The molecule has 0 bridgehead atoms.